The van der Waals surface area contributed by atoms with Crippen LogP contribution in [-0.2, 0) is 13.6 Å². The maximum Gasteiger partial charge on any atom is 0.139 e. The second-order valence-corrected chi connectivity index (χ2v) is 4.25. The minimum atomic E-state index is 0.577. The number of aryl methyl sites for hydroxylation is 1. The molecule has 2 aromatic heterocycles. The second-order valence-electron chi connectivity index (χ2n) is 3.47. The van der Waals surface area contributed by atoms with E-state index in [1.54, 1.807) is 4.68 Å². The zero-order valence-corrected chi connectivity index (χ0v) is 9.53. The molecule has 0 unspecified atom stereocenters. The first-order valence-corrected chi connectivity index (χ1v) is 5.33. The van der Waals surface area contributed by atoms with Gasteiger partial charge in [0.25, 0.3) is 0 Å². The summed E-state index contributed by atoms with van der Waals surface area (Å²) in [6, 6.07) is 1.88. The molecule has 2 heterocycles. The van der Waals surface area contributed by atoms with Crippen LogP contribution in [0.3, 0.4) is 0 Å². The van der Waals surface area contributed by atoms with Crippen molar-refractivity contribution < 1.29 is 0 Å². The lowest BCUT2D eigenvalue weighted by Gasteiger charge is -2.14. The van der Waals surface area contributed by atoms with Crippen molar-refractivity contribution >= 4 is 22.4 Å². The van der Waals surface area contributed by atoms with Gasteiger partial charge in [-0.3, -0.25) is 4.68 Å². The van der Waals surface area contributed by atoms with Gasteiger partial charge in [-0.05, 0) is 11.5 Å². The van der Waals surface area contributed by atoms with Gasteiger partial charge in [-0.2, -0.15) is 9.47 Å². The fourth-order valence-electron chi connectivity index (χ4n) is 1.36. The third kappa shape index (κ3) is 2.27. The van der Waals surface area contributed by atoms with Crippen LogP contribution in [-0.4, -0.2) is 21.2 Å². The lowest BCUT2D eigenvalue weighted by molar-refractivity contribution is 0.766. The molecule has 0 atom stereocenters. The molecule has 2 rings (SSSR count). The maximum atomic E-state index is 5.57. The number of nitrogens with two attached hydrogens (primary N) is 1. The minimum absolute atomic E-state index is 0.577. The summed E-state index contributed by atoms with van der Waals surface area (Å²) in [5.41, 5.74) is 6.74. The monoisotopic (exact) mass is 223 g/mol. The van der Waals surface area contributed by atoms with E-state index in [-0.39, 0.29) is 0 Å². The van der Waals surface area contributed by atoms with Gasteiger partial charge in [0, 0.05) is 38.5 Å². The summed E-state index contributed by atoms with van der Waals surface area (Å²) in [6.07, 6.45) is 3.86. The van der Waals surface area contributed by atoms with Gasteiger partial charge < -0.3 is 10.6 Å². The average Bonchev–Trinajstić information content (AvgIpc) is 2.75. The number of anilines is 2. The standard InChI is InChI=1S/C9H13N5S/c1-13(9-3-8(10)12-15-9)5-7-4-11-14(2)6-7/h3-4,6H,5H2,1-2H3,(H2,10,12). The molecule has 0 aliphatic rings. The number of nitrogens with zero attached hydrogens (tertiary/aromatic N) is 4. The highest BCUT2D eigenvalue weighted by atomic mass is 32.1. The van der Waals surface area contributed by atoms with Crippen molar-refractivity contribution in [2.45, 2.75) is 6.54 Å². The summed E-state index contributed by atoms with van der Waals surface area (Å²) < 4.78 is 5.84. The third-order valence-corrected chi connectivity index (χ3v) is 2.99. The predicted octanol–water partition coefficient (Wildman–Crippen LogP) is 1.10. The largest absolute Gasteiger partial charge is 0.383 e. The molecule has 2 N–H and O–H groups in total. The molecule has 80 valence electrons. The number of hydrogen-bond donors (Lipinski definition) is 1. The molecule has 5 nitrogen and oxygen atoms in total. The topological polar surface area (TPSA) is 60.0 Å². The van der Waals surface area contributed by atoms with Crippen LogP contribution in [0, 0.1) is 0 Å². The maximum absolute atomic E-state index is 5.57. The Morgan fingerprint density at radius 2 is 2.40 bits per heavy atom. The Labute approximate surface area is 92.3 Å². The van der Waals surface area contributed by atoms with E-state index in [1.165, 1.54) is 17.1 Å². The summed E-state index contributed by atoms with van der Waals surface area (Å²) in [5, 5.41) is 5.19. The first-order chi connectivity index (χ1) is 7.15. The van der Waals surface area contributed by atoms with Crippen LogP contribution < -0.4 is 10.6 Å². The smallest absolute Gasteiger partial charge is 0.139 e. The van der Waals surface area contributed by atoms with Gasteiger partial charge in [-0.15, -0.1) is 0 Å². The summed E-state index contributed by atoms with van der Waals surface area (Å²) in [7, 11) is 3.92. The predicted molar refractivity (Wildman–Crippen MR) is 61.8 cm³/mol. The van der Waals surface area contributed by atoms with E-state index >= 15 is 0 Å². The van der Waals surface area contributed by atoms with Gasteiger partial charge in [-0.25, -0.2) is 0 Å². The number of hydrogen-bond acceptors (Lipinski definition) is 5. The molecule has 15 heavy (non-hydrogen) atoms. The van der Waals surface area contributed by atoms with Crippen LogP contribution in [0.15, 0.2) is 18.5 Å². The summed E-state index contributed by atoms with van der Waals surface area (Å²) in [4.78, 5) is 2.10. The zero-order chi connectivity index (χ0) is 10.8. The van der Waals surface area contributed by atoms with Crippen molar-refractivity contribution in [3.05, 3.63) is 24.0 Å². The third-order valence-electron chi connectivity index (χ3n) is 2.07. The van der Waals surface area contributed by atoms with Gasteiger partial charge in [0.15, 0.2) is 0 Å². The Balaban J connectivity index is 2.06. The van der Waals surface area contributed by atoms with Crippen molar-refractivity contribution in [2.24, 2.45) is 7.05 Å². The SMILES string of the molecule is CN(Cc1cnn(C)c1)c1cc(N)ns1. The quantitative estimate of drug-likeness (QED) is 0.846. The molecule has 0 saturated heterocycles. The zero-order valence-electron chi connectivity index (χ0n) is 8.71. The van der Waals surface area contributed by atoms with Crippen molar-refractivity contribution in [3.8, 4) is 0 Å². The van der Waals surface area contributed by atoms with Crippen molar-refractivity contribution in [3.63, 3.8) is 0 Å². The average molecular weight is 223 g/mol. The summed E-state index contributed by atoms with van der Waals surface area (Å²) in [6.45, 7) is 0.815. The molecule has 0 spiro atoms. The Morgan fingerprint density at radius 1 is 1.60 bits per heavy atom. The van der Waals surface area contributed by atoms with E-state index < -0.39 is 0 Å². The van der Waals surface area contributed by atoms with Gasteiger partial charge in [-0.1, -0.05) is 0 Å². The molecule has 0 aliphatic heterocycles. The van der Waals surface area contributed by atoms with Crippen molar-refractivity contribution in [1.82, 2.24) is 14.2 Å². The normalized spacial score (nSPS) is 10.5. The van der Waals surface area contributed by atoms with Gasteiger partial charge in [0.05, 0.1) is 6.20 Å². The Morgan fingerprint density at radius 3 is 2.93 bits per heavy atom. The molecule has 0 fully saturated rings. The van der Waals surface area contributed by atoms with E-state index in [1.807, 2.05) is 32.6 Å². The summed E-state index contributed by atoms with van der Waals surface area (Å²) in [5.74, 6) is 0.577. The van der Waals surface area contributed by atoms with E-state index in [2.05, 4.69) is 14.4 Å². The molecular weight excluding hydrogens is 210 g/mol. The van der Waals surface area contributed by atoms with Crippen LogP contribution in [0.2, 0.25) is 0 Å². The van der Waals surface area contributed by atoms with Gasteiger partial charge >= 0.3 is 0 Å². The number of aromatic nitrogens is 3. The molecule has 6 heteroatoms. The minimum Gasteiger partial charge on any atom is -0.383 e. The fourth-order valence-corrected chi connectivity index (χ4v) is 1.99. The van der Waals surface area contributed by atoms with Crippen LogP contribution in [0.5, 0.6) is 0 Å². The lowest BCUT2D eigenvalue weighted by Crippen LogP contribution is -2.14. The van der Waals surface area contributed by atoms with Crippen molar-refractivity contribution in [2.75, 3.05) is 17.7 Å². The first-order valence-electron chi connectivity index (χ1n) is 4.56. The van der Waals surface area contributed by atoms with E-state index in [4.69, 9.17) is 5.73 Å². The molecular formula is C9H13N5S. The lowest BCUT2D eigenvalue weighted by atomic mass is 10.3. The molecule has 0 amide bonds. The van der Waals surface area contributed by atoms with Crippen LogP contribution >= 0.6 is 11.5 Å². The highest BCUT2D eigenvalue weighted by Gasteiger charge is 2.06. The highest BCUT2D eigenvalue weighted by molar-refractivity contribution is 7.10. The number of nitrogen functional groups attached to an aromatic ring is 1. The Bertz CT molecular complexity index is 447. The van der Waals surface area contributed by atoms with E-state index in [9.17, 15) is 0 Å². The number of rotatable bonds is 3. The highest BCUT2D eigenvalue weighted by Crippen LogP contribution is 2.22. The molecule has 0 radical (unpaired) electrons. The molecule has 0 aliphatic carbocycles. The van der Waals surface area contributed by atoms with Crippen molar-refractivity contribution in [1.29, 1.82) is 0 Å². The van der Waals surface area contributed by atoms with E-state index in [0.29, 0.717) is 5.82 Å². The van der Waals surface area contributed by atoms with E-state index in [0.717, 1.165) is 11.5 Å². The van der Waals surface area contributed by atoms with Gasteiger partial charge in [0.1, 0.15) is 10.8 Å². The van der Waals surface area contributed by atoms with Gasteiger partial charge in [0.2, 0.25) is 0 Å². The fraction of sp³-hybridized carbons (Fsp3) is 0.333. The first kappa shape index (κ1) is 9.97. The van der Waals surface area contributed by atoms with Crippen LogP contribution in [0.25, 0.3) is 0 Å². The molecule has 0 bridgehead atoms. The second kappa shape index (κ2) is 3.90. The molecule has 0 aromatic carbocycles. The molecule has 0 saturated carbocycles. The van der Waals surface area contributed by atoms with Crippen LogP contribution in [0.1, 0.15) is 5.56 Å². The molecule has 2 aromatic rings. The Kier molecular flexibility index (Phi) is 2.59. The summed E-state index contributed by atoms with van der Waals surface area (Å²) >= 11 is 1.41. The van der Waals surface area contributed by atoms with Crippen LogP contribution in [0.4, 0.5) is 10.8 Å². The Hall–Kier alpha value is -1.56.